The topological polar surface area (TPSA) is 199 Å². The third-order valence-corrected chi connectivity index (χ3v) is 8.31. The van der Waals surface area contributed by atoms with Crippen molar-refractivity contribution in [2.24, 2.45) is 21.6 Å². The molecule has 2 aromatic rings. The Balaban J connectivity index is 2.06. The van der Waals surface area contributed by atoms with Gasteiger partial charge in [-0.3, -0.25) is 14.4 Å². The van der Waals surface area contributed by atoms with Crippen LogP contribution in [0.4, 0.5) is 5.69 Å². The highest BCUT2D eigenvalue weighted by molar-refractivity contribution is 7.88. The minimum atomic E-state index is -4.10. The van der Waals surface area contributed by atoms with E-state index in [0.29, 0.717) is 21.8 Å². The molecule has 0 aliphatic heterocycles. The number of amides is 2. The second-order valence-corrected chi connectivity index (χ2v) is 15.3. The molecule has 48 heavy (non-hydrogen) atoms. The highest BCUT2D eigenvalue weighted by Gasteiger charge is 2.34. The van der Waals surface area contributed by atoms with Crippen LogP contribution in [0.2, 0.25) is 5.02 Å². The van der Waals surface area contributed by atoms with E-state index in [4.69, 9.17) is 26.9 Å². The SMILES string of the molecule is CC(C(=O)NCc1ccc(N=C(N)NOC(=O)C(C)(C)C)cc1)N(C)C(=O)[C@@H](COC(=O)C(C)(C)C)NS(=O)(=O)Cc1ccc(Cl)cc1. The molecule has 0 saturated heterocycles. The van der Waals surface area contributed by atoms with Crippen LogP contribution in [0.15, 0.2) is 53.5 Å². The predicted molar refractivity (Wildman–Crippen MR) is 182 cm³/mol. The molecule has 2 atom stereocenters. The number of guanidine groups is 1. The maximum absolute atomic E-state index is 13.5. The molecule has 0 aliphatic carbocycles. The van der Waals surface area contributed by atoms with Gasteiger partial charge in [0.05, 0.1) is 22.3 Å². The highest BCUT2D eigenvalue weighted by atomic mass is 35.5. The van der Waals surface area contributed by atoms with Crippen LogP contribution >= 0.6 is 11.6 Å². The van der Waals surface area contributed by atoms with Gasteiger partial charge in [0.1, 0.15) is 18.7 Å². The molecule has 0 spiro atoms. The predicted octanol–water partition coefficient (Wildman–Crippen LogP) is 2.92. The average molecular weight is 709 g/mol. The van der Waals surface area contributed by atoms with Crippen molar-refractivity contribution in [3.63, 3.8) is 0 Å². The fourth-order valence-corrected chi connectivity index (χ4v) is 5.08. The lowest BCUT2D eigenvalue weighted by molar-refractivity contribution is -0.157. The van der Waals surface area contributed by atoms with Gasteiger partial charge in [-0.1, -0.05) is 35.9 Å². The van der Waals surface area contributed by atoms with Gasteiger partial charge in [0.25, 0.3) is 0 Å². The summed E-state index contributed by atoms with van der Waals surface area (Å²) in [7, 11) is -2.75. The molecule has 0 saturated carbocycles. The Morgan fingerprint density at radius 2 is 1.46 bits per heavy atom. The minimum Gasteiger partial charge on any atom is -0.463 e. The van der Waals surface area contributed by atoms with Gasteiger partial charge in [0.15, 0.2) is 0 Å². The van der Waals surface area contributed by atoms with E-state index in [1.807, 2.05) is 0 Å². The number of hydroxylamine groups is 1. The quantitative estimate of drug-likeness (QED) is 0.110. The summed E-state index contributed by atoms with van der Waals surface area (Å²) in [6, 6.07) is 10.3. The maximum Gasteiger partial charge on any atom is 0.337 e. The molecule has 2 amide bonds. The molecule has 0 fully saturated rings. The van der Waals surface area contributed by atoms with Crippen LogP contribution in [0.5, 0.6) is 0 Å². The van der Waals surface area contributed by atoms with Crippen molar-refractivity contribution in [3.8, 4) is 0 Å². The van der Waals surface area contributed by atoms with Crippen molar-refractivity contribution in [1.82, 2.24) is 20.4 Å². The Morgan fingerprint density at radius 3 is 2.00 bits per heavy atom. The third-order valence-electron chi connectivity index (χ3n) is 6.70. The van der Waals surface area contributed by atoms with Crippen molar-refractivity contribution in [1.29, 1.82) is 0 Å². The molecule has 14 nitrogen and oxygen atoms in total. The number of nitrogens with zero attached hydrogens (tertiary/aromatic N) is 2. The average Bonchev–Trinajstić information content (AvgIpc) is 3.00. The first kappa shape index (κ1) is 40.0. The summed E-state index contributed by atoms with van der Waals surface area (Å²) in [5.41, 5.74) is 8.03. The number of carbonyl (C=O) groups excluding carboxylic acids is 4. The minimum absolute atomic E-state index is 0.104. The van der Waals surface area contributed by atoms with Crippen LogP contribution in [0.1, 0.15) is 59.6 Å². The zero-order chi connectivity index (χ0) is 36.4. The first-order chi connectivity index (χ1) is 22.1. The smallest absolute Gasteiger partial charge is 0.337 e. The molecule has 0 aromatic heterocycles. The Labute approximate surface area is 286 Å². The first-order valence-electron chi connectivity index (χ1n) is 15.0. The maximum atomic E-state index is 13.5. The van der Waals surface area contributed by atoms with Gasteiger partial charge in [-0.25, -0.2) is 18.2 Å². The summed E-state index contributed by atoms with van der Waals surface area (Å²) >= 11 is 5.89. The second-order valence-electron chi connectivity index (χ2n) is 13.2. The van der Waals surface area contributed by atoms with E-state index in [1.54, 1.807) is 77.9 Å². The number of ether oxygens (including phenoxy) is 1. The van der Waals surface area contributed by atoms with Gasteiger partial charge >= 0.3 is 11.9 Å². The Morgan fingerprint density at radius 1 is 0.917 bits per heavy atom. The number of esters is 1. The molecule has 2 aromatic carbocycles. The number of benzene rings is 2. The van der Waals surface area contributed by atoms with Gasteiger partial charge in [-0.05, 0) is 83.9 Å². The lowest BCUT2D eigenvalue weighted by Gasteiger charge is -2.29. The number of rotatable bonds is 12. The van der Waals surface area contributed by atoms with E-state index in [1.165, 1.54) is 26.1 Å². The molecule has 0 radical (unpaired) electrons. The number of aliphatic imine (C=N–C) groups is 1. The monoisotopic (exact) mass is 708 g/mol. The first-order valence-corrected chi connectivity index (χ1v) is 17.0. The van der Waals surface area contributed by atoms with E-state index >= 15 is 0 Å². The summed E-state index contributed by atoms with van der Waals surface area (Å²) in [5, 5.41) is 3.17. The molecular weight excluding hydrogens is 664 g/mol. The number of hydrogen-bond acceptors (Lipinski definition) is 9. The fraction of sp³-hybridized carbons (Fsp3) is 0.469. The highest BCUT2D eigenvalue weighted by Crippen LogP contribution is 2.18. The van der Waals surface area contributed by atoms with Crippen LogP contribution in [-0.2, 0) is 51.1 Å². The molecule has 0 heterocycles. The Bertz CT molecular complexity index is 1580. The fourth-order valence-electron chi connectivity index (χ4n) is 3.64. The van der Waals surface area contributed by atoms with Crippen molar-refractivity contribution in [3.05, 3.63) is 64.7 Å². The van der Waals surface area contributed by atoms with Gasteiger partial charge in [0, 0.05) is 18.6 Å². The number of halogens is 1. The third kappa shape index (κ3) is 13.1. The van der Waals surface area contributed by atoms with E-state index in [-0.39, 0.29) is 12.5 Å². The number of carbonyl (C=O) groups is 4. The number of likely N-dealkylation sites (N-methyl/N-ethyl adjacent to an activating group) is 1. The molecule has 1 unspecified atom stereocenters. The van der Waals surface area contributed by atoms with E-state index in [2.05, 4.69) is 20.5 Å². The van der Waals surface area contributed by atoms with E-state index < -0.39 is 69.0 Å². The van der Waals surface area contributed by atoms with Crippen molar-refractivity contribution >= 4 is 57.0 Å². The number of sulfonamides is 1. The Hall–Kier alpha value is -4.21. The zero-order valence-corrected chi connectivity index (χ0v) is 30.0. The number of hydrogen-bond donors (Lipinski definition) is 4. The van der Waals surface area contributed by atoms with Crippen molar-refractivity contribution in [2.45, 2.75) is 72.8 Å². The molecular formula is C32H45ClN6O8S. The Kier molecular flexibility index (Phi) is 13.9. The summed E-state index contributed by atoms with van der Waals surface area (Å²) < 4.78 is 33.7. The second kappa shape index (κ2) is 16.8. The van der Waals surface area contributed by atoms with E-state index in [0.717, 1.165) is 4.90 Å². The molecule has 5 N–H and O–H groups in total. The van der Waals surface area contributed by atoms with Crippen molar-refractivity contribution in [2.75, 3.05) is 13.7 Å². The lowest BCUT2D eigenvalue weighted by Crippen LogP contribution is -2.55. The van der Waals surface area contributed by atoms with E-state index in [9.17, 15) is 27.6 Å². The van der Waals surface area contributed by atoms with Crippen LogP contribution in [-0.4, -0.2) is 68.8 Å². The summed E-state index contributed by atoms with van der Waals surface area (Å²) in [6.07, 6.45) is 0. The number of nitrogens with one attached hydrogen (secondary N) is 3. The van der Waals surface area contributed by atoms with Crippen molar-refractivity contribution < 1.29 is 37.2 Å². The van der Waals surface area contributed by atoms with Crippen LogP contribution < -0.4 is 21.3 Å². The van der Waals surface area contributed by atoms with Gasteiger partial charge in [-0.15, -0.1) is 0 Å². The summed E-state index contributed by atoms with van der Waals surface area (Å²) in [4.78, 5) is 60.9. The lowest BCUT2D eigenvalue weighted by atomic mass is 9.97. The molecule has 16 heteroatoms. The molecule has 264 valence electrons. The number of nitrogens with two attached hydrogens (primary N) is 1. The zero-order valence-electron chi connectivity index (χ0n) is 28.4. The molecule has 0 bridgehead atoms. The molecule has 0 aliphatic rings. The van der Waals surface area contributed by atoms with Crippen LogP contribution in [0.3, 0.4) is 0 Å². The standard InChI is InChI=1S/C32H45ClN6O8S/c1-20(26(40)35-17-21-11-15-24(16-12-21)36-30(34)37-47-29(43)32(5,6)7)39(8)27(41)25(18-46-28(42)31(2,3)4)38-48(44,45)19-22-9-13-23(33)14-10-22/h9-16,20,25,38H,17-19H2,1-8H3,(H,35,40)(H3,34,36,37)/t20?,25-/m1/s1. The largest absolute Gasteiger partial charge is 0.463 e. The van der Waals surface area contributed by atoms with Crippen LogP contribution in [0, 0.1) is 10.8 Å². The summed E-state index contributed by atoms with van der Waals surface area (Å²) in [5.74, 6) is -3.03. The summed E-state index contributed by atoms with van der Waals surface area (Å²) in [6.45, 7) is 10.9. The molecule has 2 rings (SSSR count). The van der Waals surface area contributed by atoms with Gasteiger partial charge in [0.2, 0.25) is 27.8 Å². The van der Waals surface area contributed by atoms with Gasteiger partial charge < -0.3 is 25.5 Å². The van der Waals surface area contributed by atoms with Crippen LogP contribution in [0.25, 0.3) is 0 Å². The normalized spacial score (nSPS) is 13.6. The van der Waals surface area contributed by atoms with Gasteiger partial charge in [-0.2, -0.15) is 10.2 Å².